The van der Waals surface area contributed by atoms with Gasteiger partial charge in [-0.2, -0.15) is 0 Å². The minimum Gasteiger partial charge on any atom is -0.394 e. The number of carbonyl (C=O) groups excluding carboxylic acids is 2. The van der Waals surface area contributed by atoms with Gasteiger partial charge >= 0.3 is 0 Å². The van der Waals surface area contributed by atoms with E-state index in [1.54, 1.807) is 13.8 Å². The van der Waals surface area contributed by atoms with E-state index < -0.39 is 59.3 Å². The fourth-order valence-electron chi connectivity index (χ4n) is 2.54. The van der Waals surface area contributed by atoms with Crippen molar-refractivity contribution in [3.05, 3.63) is 56.4 Å². The van der Waals surface area contributed by atoms with Crippen molar-refractivity contribution in [2.45, 2.75) is 19.9 Å². The molecule has 2 aromatic carbocycles. The lowest BCUT2D eigenvalue weighted by molar-refractivity contribution is -0.126. The highest BCUT2D eigenvalue weighted by Crippen LogP contribution is 2.30. The van der Waals surface area contributed by atoms with Crippen LogP contribution >= 0.6 is 22.6 Å². The summed E-state index contributed by atoms with van der Waals surface area (Å²) in [6.45, 7) is 2.36. The number of halogens is 4. The standard InChI is InChI=1S/C21H22F3IN4O5/c1-11(2)27-17(31)10-34-26-9-12-7-14(21(32)29-33-6-5-30)20(19(24)18(12)23)28-16-4-3-13(25)8-15(16)22/h3-4,7-9,11,28,30H,5-6,10H2,1-2H3,(H,27,31)(H,29,32). The molecule has 0 atom stereocenters. The average Bonchev–Trinajstić information content (AvgIpc) is 2.76. The molecular formula is C21H22F3IN4O5. The van der Waals surface area contributed by atoms with E-state index in [2.05, 4.69) is 15.8 Å². The van der Waals surface area contributed by atoms with Crippen molar-refractivity contribution in [1.82, 2.24) is 10.8 Å². The summed E-state index contributed by atoms with van der Waals surface area (Å²) in [5.74, 6) is -5.13. The highest BCUT2D eigenvalue weighted by atomic mass is 127. The number of aliphatic hydroxyl groups is 1. The van der Waals surface area contributed by atoms with Gasteiger partial charge in [0.05, 0.1) is 36.4 Å². The Bertz CT molecular complexity index is 1070. The summed E-state index contributed by atoms with van der Waals surface area (Å²) in [5.41, 5.74) is 0.179. The number of anilines is 2. The number of aliphatic hydroxyl groups excluding tert-OH is 1. The SMILES string of the molecule is CC(C)NC(=O)CON=Cc1cc(C(=O)NOCCO)c(Nc2ccc(I)cc2F)c(F)c1F. The van der Waals surface area contributed by atoms with Crippen LogP contribution in [-0.4, -0.2) is 49.0 Å². The van der Waals surface area contributed by atoms with E-state index in [1.807, 2.05) is 28.1 Å². The second kappa shape index (κ2) is 13.1. The number of carbonyl (C=O) groups is 2. The summed E-state index contributed by atoms with van der Waals surface area (Å²) < 4.78 is 44.5. The molecule has 0 fully saturated rings. The fourth-order valence-corrected chi connectivity index (χ4v) is 2.99. The van der Waals surface area contributed by atoms with Crippen molar-refractivity contribution in [2.24, 2.45) is 5.16 Å². The lowest BCUT2D eigenvalue weighted by Gasteiger charge is -2.15. The number of hydroxylamine groups is 1. The van der Waals surface area contributed by atoms with Gasteiger partial charge in [0.2, 0.25) is 0 Å². The van der Waals surface area contributed by atoms with Crippen molar-refractivity contribution < 1.29 is 37.5 Å². The van der Waals surface area contributed by atoms with Gasteiger partial charge < -0.3 is 20.6 Å². The summed E-state index contributed by atoms with van der Waals surface area (Å²) >= 11 is 1.88. The first-order valence-electron chi connectivity index (χ1n) is 9.85. The number of benzene rings is 2. The Morgan fingerprint density at radius 2 is 1.94 bits per heavy atom. The number of hydrogen-bond acceptors (Lipinski definition) is 7. The minimum absolute atomic E-state index is 0.126. The monoisotopic (exact) mass is 594 g/mol. The number of hydrogen-bond donors (Lipinski definition) is 4. The quantitative estimate of drug-likeness (QED) is 0.138. The molecule has 0 bridgehead atoms. The molecule has 34 heavy (non-hydrogen) atoms. The fraction of sp³-hybridized carbons (Fsp3) is 0.286. The van der Waals surface area contributed by atoms with Crippen LogP contribution in [0.1, 0.15) is 29.8 Å². The molecule has 0 aliphatic carbocycles. The lowest BCUT2D eigenvalue weighted by Crippen LogP contribution is -2.32. The molecule has 13 heteroatoms. The first-order valence-corrected chi connectivity index (χ1v) is 10.9. The molecule has 0 aliphatic heterocycles. The molecule has 2 rings (SSSR count). The third-order valence-corrected chi connectivity index (χ3v) is 4.61. The van der Waals surface area contributed by atoms with Crippen LogP contribution in [0.5, 0.6) is 0 Å². The molecule has 2 amide bonds. The highest BCUT2D eigenvalue weighted by molar-refractivity contribution is 14.1. The van der Waals surface area contributed by atoms with Crippen molar-refractivity contribution in [1.29, 1.82) is 0 Å². The van der Waals surface area contributed by atoms with Crippen LogP contribution in [0.2, 0.25) is 0 Å². The topological polar surface area (TPSA) is 121 Å². The molecule has 0 radical (unpaired) electrons. The van der Waals surface area contributed by atoms with Crippen LogP contribution in [0.3, 0.4) is 0 Å². The summed E-state index contributed by atoms with van der Waals surface area (Å²) in [5, 5.41) is 17.2. The van der Waals surface area contributed by atoms with Crippen molar-refractivity contribution in [3.63, 3.8) is 0 Å². The number of nitrogens with one attached hydrogen (secondary N) is 3. The number of amides is 2. The molecule has 4 N–H and O–H groups in total. The molecule has 9 nitrogen and oxygen atoms in total. The average molecular weight is 594 g/mol. The van der Waals surface area contributed by atoms with Crippen LogP contribution in [0.15, 0.2) is 29.4 Å². The molecule has 0 aromatic heterocycles. The normalized spacial score (nSPS) is 11.1. The Hall–Kier alpha value is -2.91. The zero-order chi connectivity index (χ0) is 25.3. The Morgan fingerprint density at radius 1 is 1.21 bits per heavy atom. The Kier molecular flexibility index (Phi) is 10.5. The van der Waals surface area contributed by atoms with Crippen LogP contribution in [-0.2, 0) is 14.5 Å². The van der Waals surface area contributed by atoms with Gasteiger partial charge in [-0.3, -0.25) is 14.4 Å². The van der Waals surface area contributed by atoms with E-state index >= 15 is 0 Å². The Labute approximate surface area is 206 Å². The maximum atomic E-state index is 15.0. The number of oxime groups is 1. The van der Waals surface area contributed by atoms with E-state index in [0.29, 0.717) is 3.57 Å². The van der Waals surface area contributed by atoms with Crippen molar-refractivity contribution >= 4 is 52.0 Å². The maximum absolute atomic E-state index is 15.0. The van der Waals surface area contributed by atoms with Gasteiger partial charge in [0.25, 0.3) is 11.8 Å². The largest absolute Gasteiger partial charge is 0.394 e. The Morgan fingerprint density at radius 3 is 2.59 bits per heavy atom. The van der Waals surface area contributed by atoms with E-state index in [9.17, 15) is 22.8 Å². The first-order chi connectivity index (χ1) is 16.1. The van der Waals surface area contributed by atoms with E-state index in [-0.39, 0.29) is 18.3 Å². The van der Waals surface area contributed by atoms with Crippen molar-refractivity contribution in [2.75, 3.05) is 25.1 Å². The summed E-state index contributed by atoms with van der Waals surface area (Å²) in [6.07, 6.45) is 0.779. The molecule has 0 unspecified atom stereocenters. The summed E-state index contributed by atoms with van der Waals surface area (Å²) in [7, 11) is 0. The summed E-state index contributed by atoms with van der Waals surface area (Å²) in [4.78, 5) is 33.6. The molecular weight excluding hydrogens is 572 g/mol. The van der Waals surface area contributed by atoms with Crippen LogP contribution < -0.4 is 16.1 Å². The van der Waals surface area contributed by atoms with Gasteiger partial charge in [-0.1, -0.05) is 5.16 Å². The van der Waals surface area contributed by atoms with Crippen LogP contribution in [0, 0.1) is 21.0 Å². The zero-order valence-electron chi connectivity index (χ0n) is 18.1. The Balaban J connectivity index is 2.37. The maximum Gasteiger partial charge on any atom is 0.277 e. The number of rotatable bonds is 11. The molecule has 0 aliphatic rings. The molecule has 0 spiro atoms. The number of nitrogens with zero attached hydrogens (tertiary/aromatic N) is 1. The smallest absolute Gasteiger partial charge is 0.277 e. The minimum atomic E-state index is -1.49. The first kappa shape index (κ1) is 27.3. The van der Waals surface area contributed by atoms with Gasteiger partial charge in [0.15, 0.2) is 18.2 Å². The second-order valence-electron chi connectivity index (χ2n) is 7.00. The third-order valence-electron chi connectivity index (χ3n) is 3.94. The summed E-state index contributed by atoms with van der Waals surface area (Å²) in [6, 6.07) is 4.79. The highest BCUT2D eigenvalue weighted by Gasteiger charge is 2.23. The second-order valence-corrected chi connectivity index (χ2v) is 8.24. The predicted octanol–water partition coefficient (Wildman–Crippen LogP) is 2.98. The van der Waals surface area contributed by atoms with E-state index in [0.717, 1.165) is 18.3 Å². The van der Waals surface area contributed by atoms with Crippen molar-refractivity contribution in [3.8, 4) is 0 Å². The molecule has 0 saturated carbocycles. The van der Waals surface area contributed by atoms with E-state index in [4.69, 9.17) is 14.8 Å². The van der Waals surface area contributed by atoms with Gasteiger partial charge in [0, 0.05) is 15.2 Å². The van der Waals surface area contributed by atoms with Crippen LogP contribution in [0.4, 0.5) is 24.5 Å². The van der Waals surface area contributed by atoms with Gasteiger partial charge in [-0.15, -0.1) is 0 Å². The molecule has 0 heterocycles. The van der Waals surface area contributed by atoms with E-state index in [1.165, 1.54) is 12.1 Å². The van der Waals surface area contributed by atoms with Gasteiger partial charge in [0.1, 0.15) is 5.82 Å². The predicted molar refractivity (Wildman–Crippen MR) is 126 cm³/mol. The lowest BCUT2D eigenvalue weighted by atomic mass is 10.1. The van der Waals surface area contributed by atoms with Gasteiger partial charge in [-0.05, 0) is 60.7 Å². The third kappa shape index (κ3) is 7.85. The molecule has 0 saturated heterocycles. The molecule has 2 aromatic rings. The van der Waals surface area contributed by atoms with Crippen LogP contribution in [0.25, 0.3) is 0 Å². The zero-order valence-corrected chi connectivity index (χ0v) is 20.3. The van der Waals surface area contributed by atoms with Gasteiger partial charge in [-0.25, -0.2) is 18.7 Å². The molecule has 184 valence electrons.